The van der Waals surface area contributed by atoms with Crippen LogP contribution in [0.5, 0.6) is 0 Å². The SMILES string of the molecule is CON(C)C(=O)[C@@H]1CCC(=O)N1C(=O)OCc1ccccc1. The number of carbonyl (C=O) groups excluding carboxylic acids is 3. The average molecular weight is 306 g/mol. The van der Waals surface area contributed by atoms with Gasteiger partial charge in [0.15, 0.2) is 0 Å². The van der Waals surface area contributed by atoms with Gasteiger partial charge < -0.3 is 4.74 Å². The van der Waals surface area contributed by atoms with Gasteiger partial charge in [-0.25, -0.2) is 14.8 Å². The Kier molecular flexibility index (Phi) is 5.11. The number of imide groups is 1. The summed E-state index contributed by atoms with van der Waals surface area (Å²) in [6.07, 6.45) is -0.408. The Hall–Kier alpha value is -2.41. The average Bonchev–Trinajstić information content (AvgIpc) is 2.93. The Balaban J connectivity index is 2.02. The molecule has 3 amide bonds. The van der Waals surface area contributed by atoms with E-state index in [1.807, 2.05) is 18.2 Å². The van der Waals surface area contributed by atoms with Crippen molar-refractivity contribution in [3.05, 3.63) is 35.9 Å². The Morgan fingerprint density at radius 2 is 2.00 bits per heavy atom. The number of benzene rings is 1. The van der Waals surface area contributed by atoms with Gasteiger partial charge in [-0.05, 0) is 12.0 Å². The second-order valence-corrected chi connectivity index (χ2v) is 4.88. The van der Waals surface area contributed by atoms with Gasteiger partial charge in [-0.2, -0.15) is 0 Å². The zero-order valence-electron chi connectivity index (χ0n) is 12.5. The molecule has 0 aromatic heterocycles. The highest BCUT2D eigenvalue weighted by Crippen LogP contribution is 2.22. The number of hydrogen-bond acceptors (Lipinski definition) is 5. The van der Waals surface area contributed by atoms with Crippen molar-refractivity contribution in [2.24, 2.45) is 0 Å². The van der Waals surface area contributed by atoms with Crippen LogP contribution in [-0.2, 0) is 25.8 Å². The number of hydroxylamine groups is 2. The summed E-state index contributed by atoms with van der Waals surface area (Å²) < 4.78 is 5.13. The lowest BCUT2D eigenvalue weighted by Crippen LogP contribution is -2.48. The summed E-state index contributed by atoms with van der Waals surface area (Å²) in [5.74, 6) is -0.870. The molecule has 22 heavy (non-hydrogen) atoms. The predicted molar refractivity (Wildman–Crippen MR) is 76.3 cm³/mol. The highest BCUT2D eigenvalue weighted by Gasteiger charge is 2.42. The van der Waals surface area contributed by atoms with E-state index in [1.54, 1.807) is 12.1 Å². The predicted octanol–water partition coefficient (Wildman–Crippen LogP) is 1.33. The van der Waals surface area contributed by atoms with Crippen molar-refractivity contribution in [2.45, 2.75) is 25.5 Å². The molecule has 1 aromatic carbocycles. The van der Waals surface area contributed by atoms with Crippen LogP contribution in [0.15, 0.2) is 30.3 Å². The van der Waals surface area contributed by atoms with Gasteiger partial charge in [0.1, 0.15) is 12.6 Å². The Labute approximate surface area is 128 Å². The van der Waals surface area contributed by atoms with Gasteiger partial charge in [-0.15, -0.1) is 0 Å². The van der Waals surface area contributed by atoms with Crippen molar-refractivity contribution >= 4 is 17.9 Å². The molecule has 7 nitrogen and oxygen atoms in total. The third-order valence-corrected chi connectivity index (χ3v) is 3.48. The van der Waals surface area contributed by atoms with Crippen LogP contribution in [0.25, 0.3) is 0 Å². The van der Waals surface area contributed by atoms with Crippen LogP contribution in [0, 0.1) is 0 Å². The monoisotopic (exact) mass is 306 g/mol. The van der Waals surface area contributed by atoms with Gasteiger partial charge in [0.05, 0.1) is 7.11 Å². The lowest BCUT2D eigenvalue weighted by atomic mass is 10.2. The molecule has 1 atom stereocenters. The molecule has 0 bridgehead atoms. The van der Waals surface area contributed by atoms with Crippen molar-refractivity contribution in [2.75, 3.05) is 14.2 Å². The number of carbonyl (C=O) groups is 3. The number of amides is 3. The van der Waals surface area contributed by atoms with Crippen molar-refractivity contribution in [3.63, 3.8) is 0 Å². The van der Waals surface area contributed by atoms with Gasteiger partial charge in [-0.3, -0.25) is 14.4 Å². The van der Waals surface area contributed by atoms with E-state index in [1.165, 1.54) is 14.2 Å². The van der Waals surface area contributed by atoms with E-state index in [0.29, 0.717) is 0 Å². The number of ether oxygens (including phenoxy) is 1. The fraction of sp³-hybridized carbons (Fsp3) is 0.400. The summed E-state index contributed by atoms with van der Waals surface area (Å²) in [5.41, 5.74) is 0.805. The summed E-state index contributed by atoms with van der Waals surface area (Å²) in [6.45, 7) is 0.0461. The molecule has 118 valence electrons. The number of nitrogens with zero attached hydrogens (tertiary/aromatic N) is 2. The maximum absolute atomic E-state index is 12.1. The number of likely N-dealkylation sites (N-methyl/N-ethyl adjacent to an activating group) is 1. The second-order valence-electron chi connectivity index (χ2n) is 4.88. The highest BCUT2D eigenvalue weighted by molar-refractivity contribution is 6.00. The molecule has 2 rings (SSSR count). The molecular weight excluding hydrogens is 288 g/mol. The summed E-state index contributed by atoms with van der Waals surface area (Å²) in [4.78, 5) is 41.8. The molecule has 1 heterocycles. The molecule has 0 saturated carbocycles. The van der Waals surface area contributed by atoms with Gasteiger partial charge in [0, 0.05) is 13.5 Å². The van der Waals surface area contributed by atoms with Crippen LogP contribution in [0.2, 0.25) is 0 Å². The van der Waals surface area contributed by atoms with E-state index in [-0.39, 0.29) is 19.4 Å². The van der Waals surface area contributed by atoms with Gasteiger partial charge >= 0.3 is 6.09 Å². The van der Waals surface area contributed by atoms with Gasteiger partial charge in [0.25, 0.3) is 5.91 Å². The lowest BCUT2D eigenvalue weighted by Gasteiger charge is -2.24. The summed E-state index contributed by atoms with van der Waals surface area (Å²) in [6, 6.07) is 8.24. The fourth-order valence-corrected chi connectivity index (χ4v) is 2.24. The molecule has 1 saturated heterocycles. The molecule has 0 aliphatic carbocycles. The van der Waals surface area contributed by atoms with Crippen molar-refractivity contribution in [3.8, 4) is 0 Å². The highest BCUT2D eigenvalue weighted by atomic mass is 16.7. The van der Waals surface area contributed by atoms with Crippen molar-refractivity contribution < 1.29 is 24.0 Å². The van der Waals surface area contributed by atoms with Crippen molar-refractivity contribution in [1.82, 2.24) is 9.96 Å². The minimum absolute atomic E-state index is 0.0461. The van der Waals surface area contributed by atoms with E-state index in [9.17, 15) is 14.4 Å². The smallest absolute Gasteiger partial charge is 0.417 e. The van der Waals surface area contributed by atoms with E-state index in [4.69, 9.17) is 9.57 Å². The summed E-state index contributed by atoms with van der Waals surface area (Å²) in [5, 5.41) is 1.00. The third-order valence-electron chi connectivity index (χ3n) is 3.48. The van der Waals surface area contributed by atoms with Gasteiger partial charge in [-0.1, -0.05) is 30.3 Å². The van der Waals surface area contributed by atoms with E-state index >= 15 is 0 Å². The van der Waals surface area contributed by atoms with Crippen molar-refractivity contribution in [1.29, 1.82) is 0 Å². The molecule has 7 heteroatoms. The van der Waals surface area contributed by atoms with Crippen LogP contribution >= 0.6 is 0 Å². The minimum Gasteiger partial charge on any atom is -0.444 e. The van der Waals surface area contributed by atoms with Crippen LogP contribution in [0.3, 0.4) is 0 Å². The normalized spacial score (nSPS) is 17.5. The van der Waals surface area contributed by atoms with Crippen LogP contribution in [-0.4, -0.2) is 48.1 Å². The van der Waals surface area contributed by atoms with E-state index in [0.717, 1.165) is 15.5 Å². The molecule has 0 radical (unpaired) electrons. The molecule has 0 spiro atoms. The number of hydrogen-bond donors (Lipinski definition) is 0. The summed E-state index contributed by atoms with van der Waals surface area (Å²) in [7, 11) is 2.77. The first-order chi connectivity index (χ1) is 10.5. The maximum atomic E-state index is 12.1. The second kappa shape index (κ2) is 7.04. The molecule has 1 aromatic rings. The minimum atomic E-state index is -0.874. The standard InChI is InChI=1S/C15H18N2O5/c1-16(21-2)14(19)12-8-9-13(18)17(12)15(20)22-10-11-6-4-3-5-7-11/h3-7,12H,8-10H2,1-2H3/t12-/m0/s1. The van der Waals surface area contributed by atoms with Crippen LogP contribution in [0.1, 0.15) is 18.4 Å². The molecule has 1 aliphatic rings. The van der Waals surface area contributed by atoms with Crippen LogP contribution in [0.4, 0.5) is 4.79 Å². The first-order valence-electron chi connectivity index (χ1n) is 6.89. The first kappa shape index (κ1) is 16.0. The van der Waals surface area contributed by atoms with Crippen LogP contribution < -0.4 is 0 Å². The Bertz CT molecular complexity index is 560. The largest absolute Gasteiger partial charge is 0.444 e. The van der Waals surface area contributed by atoms with Gasteiger partial charge in [0.2, 0.25) is 5.91 Å². The summed E-state index contributed by atoms with van der Waals surface area (Å²) >= 11 is 0. The number of rotatable bonds is 4. The Morgan fingerprint density at radius 1 is 1.32 bits per heavy atom. The van der Waals surface area contributed by atoms with E-state index < -0.39 is 23.9 Å². The third kappa shape index (κ3) is 3.43. The topological polar surface area (TPSA) is 76.2 Å². The first-order valence-corrected chi connectivity index (χ1v) is 6.89. The molecule has 1 aliphatic heterocycles. The zero-order chi connectivity index (χ0) is 16.1. The molecule has 0 unspecified atom stereocenters. The lowest BCUT2D eigenvalue weighted by molar-refractivity contribution is -0.173. The number of likely N-dealkylation sites (tertiary alicyclic amines) is 1. The molecule has 1 fully saturated rings. The quantitative estimate of drug-likeness (QED) is 0.785. The molecular formula is C15H18N2O5. The maximum Gasteiger partial charge on any atom is 0.417 e. The zero-order valence-corrected chi connectivity index (χ0v) is 12.5. The van der Waals surface area contributed by atoms with E-state index in [2.05, 4.69) is 0 Å². The molecule has 0 N–H and O–H groups in total. The Morgan fingerprint density at radius 3 is 2.64 bits per heavy atom. The fourth-order valence-electron chi connectivity index (χ4n) is 2.24.